The molecule has 1 aromatic carbocycles. The van der Waals surface area contributed by atoms with Crippen LogP contribution in [0.4, 0.5) is 0 Å². The van der Waals surface area contributed by atoms with Gasteiger partial charge >= 0.3 is 0 Å². The monoisotopic (exact) mass is 277 g/mol. The highest BCUT2D eigenvalue weighted by Crippen LogP contribution is 2.20. The summed E-state index contributed by atoms with van der Waals surface area (Å²) in [6.45, 7) is 8.85. The summed E-state index contributed by atoms with van der Waals surface area (Å²) in [6, 6.07) is 8.78. The minimum Gasteiger partial charge on any atom is -0.497 e. The zero-order valence-corrected chi connectivity index (χ0v) is 12.9. The zero-order chi connectivity index (χ0) is 14.4. The molecule has 1 aliphatic rings. The number of rotatable bonds is 6. The third-order valence-corrected chi connectivity index (χ3v) is 3.98. The molecule has 1 heterocycles. The highest BCUT2D eigenvalue weighted by molar-refractivity contribution is 5.30. The van der Waals surface area contributed by atoms with Crippen molar-refractivity contribution < 1.29 is 4.74 Å². The van der Waals surface area contributed by atoms with Crippen LogP contribution in [0.25, 0.3) is 0 Å². The minimum absolute atomic E-state index is 0.374. The second kappa shape index (κ2) is 7.62. The molecule has 0 bridgehead atoms. The van der Waals surface area contributed by atoms with Crippen LogP contribution in [0, 0.1) is 0 Å². The molecular weight excluding hydrogens is 250 g/mol. The molecule has 0 saturated carbocycles. The molecule has 112 valence electrons. The van der Waals surface area contributed by atoms with E-state index in [1.165, 1.54) is 5.56 Å². The highest BCUT2D eigenvalue weighted by atomic mass is 16.5. The number of benzene rings is 1. The van der Waals surface area contributed by atoms with Gasteiger partial charge in [-0.3, -0.25) is 4.90 Å². The molecule has 0 amide bonds. The summed E-state index contributed by atoms with van der Waals surface area (Å²) in [5.41, 5.74) is 1.31. The van der Waals surface area contributed by atoms with Gasteiger partial charge in [0.05, 0.1) is 7.11 Å². The molecule has 1 atom stereocenters. The summed E-state index contributed by atoms with van der Waals surface area (Å²) < 4.78 is 5.34. The van der Waals surface area contributed by atoms with Gasteiger partial charge in [0.1, 0.15) is 5.75 Å². The number of likely N-dealkylation sites (N-methyl/N-ethyl adjacent to an activating group) is 2. The van der Waals surface area contributed by atoms with Crippen molar-refractivity contribution in [3.05, 3.63) is 29.8 Å². The molecule has 1 saturated heterocycles. The van der Waals surface area contributed by atoms with E-state index in [-0.39, 0.29) is 0 Å². The summed E-state index contributed by atoms with van der Waals surface area (Å²) in [4.78, 5) is 4.94. The van der Waals surface area contributed by atoms with Gasteiger partial charge in [0.2, 0.25) is 0 Å². The number of hydrogen-bond acceptors (Lipinski definition) is 4. The Kier molecular flexibility index (Phi) is 5.83. The number of nitrogens with zero attached hydrogens (tertiary/aromatic N) is 2. The van der Waals surface area contributed by atoms with Crippen molar-refractivity contribution in [3.8, 4) is 5.75 Å². The first-order valence-electron chi connectivity index (χ1n) is 7.51. The Morgan fingerprint density at radius 3 is 2.65 bits per heavy atom. The average molecular weight is 277 g/mol. The topological polar surface area (TPSA) is 27.7 Å². The first-order valence-corrected chi connectivity index (χ1v) is 7.51. The van der Waals surface area contributed by atoms with Crippen molar-refractivity contribution in [1.29, 1.82) is 0 Å². The molecule has 0 aromatic heterocycles. The second-order valence-corrected chi connectivity index (χ2v) is 5.49. The third kappa shape index (κ3) is 4.20. The van der Waals surface area contributed by atoms with Crippen molar-refractivity contribution >= 4 is 0 Å². The standard InChI is InChI=1S/C16H27N3O/c1-4-17-16(13-19-10-8-18(2)9-11-19)14-6-5-7-15(12-14)20-3/h5-7,12,16-17H,4,8-11,13H2,1-3H3. The van der Waals surface area contributed by atoms with E-state index >= 15 is 0 Å². The molecule has 4 heteroatoms. The van der Waals surface area contributed by atoms with Crippen LogP contribution in [-0.2, 0) is 0 Å². The average Bonchev–Trinajstić information content (AvgIpc) is 2.49. The van der Waals surface area contributed by atoms with E-state index in [9.17, 15) is 0 Å². The van der Waals surface area contributed by atoms with Crippen molar-refractivity contribution in [2.45, 2.75) is 13.0 Å². The highest BCUT2D eigenvalue weighted by Gasteiger charge is 2.19. The van der Waals surface area contributed by atoms with E-state index in [0.29, 0.717) is 6.04 Å². The fourth-order valence-electron chi connectivity index (χ4n) is 2.68. The van der Waals surface area contributed by atoms with Crippen LogP contribution >= 0.6 is 0 Å². The van der Waals surface area contributed by atoms with Gasteiger partial charge < -0.3 is 15.0 Å². The smallest absolute Gasteiger partial charge is 0.119 e. The quantitative estimate of drug-likeness (QED) is 0.855. The van der Waals surface area contributed by atoms with E-state index < -0.39 is 0 Å². The van der Waals surface area contributed by atoms with E-state index in [1.807, 2.05) is 6.07 Å². The fraction of sp³-hybridized carbons (Fsp3) is 0.625. The number of nitrogens with one attached hydrogen (secondary N) is 1. The predicted octanol–water partition coefficient (Wildman–Crippen LogP) is 1.59. The van der Waals surface area contributed by atoms with E-state index in [0.717, 1.165) is 45.0 Å². The molecule has 1 fully saturated rings. The molecule has 2 rings (SSSR count). The van der Waals surface area contributed by atoms with Gasteiger partial charge in [-0.1, -0.05) is 19.1 Å². The molecule has 1 N–H and O–H groups in total. The summed E-state index contributed by atoms with van der Waals surface area (Å²) in [5, 5.41) is 3.60. The maximum Gasteiger partial charge on any atom is 0.119 e. The van der Waals surface area contributed by atoms with E-state index in [4.69, 9.17) is 4.74 Å². The lowest BCUT2D eigenvalue weighted by atomic mass is 10.1. The number of ether oxygens (including phenoxy) is 1. The maximum absolute atomic E-state index is 5.34. The predicted molar refractivity (Wildman–Crippen MR) is 83.3 cm³/mol. The second-order valence-electron chi connectivity index (χ2n) is 5.49. The summed E-state index contributed by atoms with van der Waals surface area (Å²) in [6.07, 6.45) is 0. The van der Waals surface area contributed by atoms with Crippen molar-refractivity contribution in [2.75, 3.05) is 53.4 Å². The van der Waals surface area contributed by atoms with Crippen LogP contribution in [0.5, 0.6) is 5.75 Å². The molecule has 1 aromatic rings. The van der Waals surface area contributed by atoms with Gasteiger partial charge in [0.25, 0.3) is 0 Å². The molecule has 1 aliphatic heterocycles. The van der Waals surface area contributed by atoms with Crippen molar-refractivity contribution in [1.82, 2.24) is 15.1 Å². The van der Waals surface area contributed by atoms with Crippen LogP contribution < -0.4 is 10.1 Å². The van der Waals surface area contributed by atoms with Crippen LogP contribution in [-0.4, -0.2) is 63.2 Å². The van der Waals surface area contributed by atoms with E-state index in [1.54, 1.807) is 7.11 Å². The van der Waals surface area contributed by atoms with Gasteiger partial charge in [-0.15, -0.1) is 0 Å². The Morgan fingerprint density at radius 2 is 2.00 bits per heavy atom. The molecule has 0 radical (unpaired) electrons. The largest absolute Gasteiger partial charge is 0.497 e. The number of methoxy groups -OCH3 is 1. The number of piperazine rings is 1. The normalized spacial score (nSPS) is 18.9. The zero-order valence-electron chi connectivity index (χ0n) is 12.9. The van der Waals surface area contributed by atoms with Crippen LogP contribution in [0.15, 0.2) is 24.3 Å². The molecule has 1 unspecified atom stereocenters. The summed E-state index contributed by atoms with van der Waals surface area (Å²) in [5.74, 6) is 0.934. The third-order valence-electron chi connectivity index (χ3n) is 3.98. The molecular formula is C16H27N3O. The Labute approximate surface area is 122 Å². The first kappa shape index (κ1) is 15.3. The van der Waals surface area contributed by atoms with Crippen molar-refractivity contribution in [3.63, 3.8) is 0 Å². The lowest BCUT2D eigenvalue weighted by Crippen LogP contribution is -2.47. The van der Waals surface area contributed by atoms with Gasteiger partial charge in [-0.25, -0.2) is 0 Å². The Balaban J connectivity index is 2.02. The van der Waals surface area contributed by atoms with Gasteiger partial charge in [-0.05, 0) is 31.3 Å². The van der Waals surface area contributed by atoms with Crippen LogP contribution in [0.3, 0.4) is 0 Å². The van der Waals surface area contributed by atoms with Crippen LogP contribution in [0.2, 0.25) is 0 Å². The Morgan fingerprint density at radius 1 is 1.25 bits per heavy atom. The minimum atomic E-state index is 0.374. The van der Waals surface area contributed by atoms with Gasteiger partial charge in [-0.2, -0.15) is 0 Å². The molecule has 0 aliphatic carbocycles. The lowest BCUT2D eigenvalue weighted by molar-refractivity contribution is 0.142. The van der Waals surface area contributed by atoms with Gasteiger partial charge in [0, 0.05) is 38.8 Å². The first-order chi connectivity index (χ1) is 9.72. The fourth-order valence-corrected chi connectivity index (χ4v) is 2.68. The molecule has 4 nitrogen and oxygen atoms in total. The molecule has 20 heavy (non-hydrogen) atoms. The Hall–Kier alpha value is -1.10. The van der Waals surface area contributed by atoms with Crippen molar-refractivity contribution in [2.24, 2.45) is 0 Å². The summed E-state index contributed by atoms with van der Waals surface area (Å²) in [7, 11) is 3.92. The number of hydrogen-bond donors (Lipinski definition) is 1. The van der Waals surface area contributed by atoms with Crippen LogP contribution in [0.1, 0.15) is 18.5 Å². The maximum atomic E-state index is 5.34. The summed E-state index contributed by atoms with van der Waals surface area (Å²) >= 11 is 0. The van der Waals surface area contributed by atoms with E-state index in [2.05, 4.69) is 47.3 Å². The van der Waals surface area contributed by atoms with Gasteiger partial charge in [0.15, 0.2) is 0 Å². The molecule has 0 spiro atoms. The Bertz CT molecular complexity index is 402. The lowest BCUT2D eigenvalue weighted by Gasteiger charge is -2.35. The SMILES string of the molecule is CCNC(CN1CCN(C)CC1)c1cccc(OC)c1.